The fraction of sp³-hybridized carbons (Fsp3) is 1.00. The monoisotopic (exact) mass is 366 g/mol. The second-order valence-corrected chi connectivity index (χ2v) is 22.3. The molecule has 0 spiro atoms. The lowest BCUT2D eigenvalue weighted by molar-refractivity contribution is -0.240. The first kappa shape index (κ1) is 20.5. The van der Waals surface area contributed by atoms with Crippen molar-refractivity contribution >= 4 is 25.0 Å². The van der Waals surface area contributed by atoms with Crippen molar-refractivity contribution in [3.63, 3.8) is 0 Å². The molecule has 0 aromatic rings. The largest absolute Gasteiger partial charge is 0.410 e. The van der Waals surface area contributed by atoms with E-state index in [-0.39, 0.29) is 12.2 Å². The van der Waals surface area contributed by atoms with Crippen molar-refractivity contribution in [2.24, 2.45) is 0 Å². The van der Waals surface area contributed by atoms with Crippen LogP contribution in [0.1, 0.15) is 0 Å². The number of rotatable bonds is 6. The van der Waals surface area contributed by atoms with Crippen LogP contribution in [-0.2, 0) is 18.0 Å². The Morgan fingerprint density at radius 1 is 0.727 bits per heavy atom. The predicted molar refractivity (Wildman–Crippen MR) is 96.6 cm³/mol. The Morgan fingerprint density at radius 3 is 1.55 bits per heavy atom. The Labute approximate surface area is 138 Å². The molecule has 1 N–H and O–H groups in total. The van der Waals surface area contributed by atoms with E-state index in [1.54, 1.807) is 0 Å². The topological polar surface area (TPSA) is 57.2 Å². The van der Waals surface area contributed by atoms with Gasteiger partial charge in [0.1, 0.15) is 12.2 Å². The van der Waals surface area contributed by atoms with Gasteiger partial charge < -0.3 is 23.1 Å². The first-order valence-corrected chi connectivity index (χ1v) is 18.2. The van der Waals surface area contributed by atoms with Crippen LogP contribution in [0, 0.1) is 0 Å². The van der Waals surface area contributed by atoms with Crippen LogP contribution >= 0.6 is 0 Å². The van der Waals surface area contributed by atoms with Crippen molar-refractivity contribution in [2.75, 3.05) is 6.61 Å². The molecule has 1 saturated heterocycles. The van der Waals surface area contributed by atoms with Crippen molar-refractivity contribution < 1.29 is 23.1 Å². The first-order valence-electron chi connectivity index (χ1n) is 8.01. The third-order valence-corrected chi connectivity index (χ3v) is 5.86. The molecule has 1 fully saturated rings. The molecule has 0 saturated carbocycles. The van der Waals surface area contributed by atoms with Crippen LogP contribution in [0.4, 0.5) is 0 Å². The molecule has 1 aliphatic rings. The van der Waals surface area contributed by atoms with Crippen molar-refractivity contribution in [1.29, 1.82) is 0 Å². The summed E-state index contributed by atoms with van der Waals surface area (Å²) in [5, 5.41) is 10.3. The standard InChI is InChI=1S/C14H34O5Si3/c1-20(2,3)17-11-10-16-14(15)13(19-22(7,8)9)12(11)18-21(4,5)6/h11-15H,10H2,1-9H3/t11-,12?,13?,14-/m0/s1. The zero-order valence-electron chi connectivity index (χ0n) is 15.6. The van der Waals surface area contributed by atoms with Gasteiger partial charge in [0.25, 0.3) is 0 Å². The minimum Gasteiger partial charge on any atom is -0.410 e. The molecular formula is C14H34O5Si3. The van der Waals surface area contributed by atoms with E-state index >= 15 is 0 Å². The second kappa shape index (κ2) is 7.14. The van der Waals surface area contributed by atoms with Gasteiger partial charge in [0, 0.05) is 0 Å². The maximum absolute atomic E-state index is 10.3. The van der Waals surface area contributed by atoms with Gasteiger partial charge in [0.05, 0.1) is 12.7 Å². The summed E-state index contributed by atoms with van der Waals surface area (Å²) < 4.78 is 24.3. The lowest BCUT2D eigenvalue weighted by Crippen LogP contribution is -2.61. The molecule has 1 heterocycles. The van der Waals surface area contributed by atoms with Gasteiger partial charge in [-0.15, -0.1) is 0 Å². The third-order valence-electron chi connectivity index (χ3n) is 2.89. The van der Waals surface area contributed by atoms with Gasteiger partial charge in [0.15, 0.2) is 31.2 Å². The average molecular weight is 367 g/mol. The van der Waals surface area contributed by atoms with E-state index in [2.05, 4.69) is 58.9 Å². The molecular weight excluding hydrogens is 332 g/mol. The van der Waals surface area contributed by atoms with Crippen molar-refractivity contribution in [2.45, 2.75) is 83.5 Å². The maximum Gasteiger partial charge on any atom is 0.184 e. The summed E-state index contributed by atoms with van der Waals surface area (Å²) in [6.45, 7) is 19.6. The third kappa shape index (κ3) is 7.35. The van der Waals surface area contributed by atoms with Gasteiger partial charge in [-0.05, 0) is 58.9 Å². The Morgan fingerprint density at radius 2 is 1.14 bits per heavy atom. The highest BCUT2D eigenvalue weighted by atomic mass is 28.4. The van der Waals surface area contributed by atoms with Gasteiger partial charge in [0.2, 0.25) is 0 Å². The SMILES string of the molecule is C[Si](C)(C)OC1C(O[Si](C)(C)C)[C@@H](O)OC[C@@H]1O[Si](C)(C)C. The number of aliphatic hydroxyl groups excluding tert-OH is 1. The highest BCUT2D eigenvalue weighted by Crippen LogP contribution is 2.29. The zero-order valence-corrected chi connectivity index (χ0v) is 18.6. The summed E-state index contributed by atoms with van der Waals surface area (Å²) >= 11 is 0. The number of ether oxygens (including phenoxy) is 1. The van der Waals surface area contributed by atoms with E-state index in [1.807, 2.05) is 0 Å². The molecule has 2 unspecified atom stereocenters. The molecule has 1 rings (SSSR count). The molecule has 0 amide bonds. The van der Waals surface area contributed by atoms with Crippen LogP contribution in [0.2, 0.25) is 58.9 Å². The molecule has 0 aliphatic carbocycles. The van der Waals surface area contributed by atoms with Gasteiger partial charge in [-0.2, -0.15) is 0 Å². The van der Waals surface area contributed by atoms with E-state index in [4.69, 9.17) is 18.0 Å². The molecule has 5 nitrogen and oxygen atoms in total. The van der Waals surface area contributed by atoms with Gasteiger partial charge in [-0.25, -0.2) is 0 Å². The lowest BCUT2D eigenvalue weighted by atomic mass is 10.1. The average Bonchev–Trinajstić information content (AvgIpc) is 2.22. The Balaban J connectivity index is 3.01. The van der Waals surface area contributed by atoms with E-state index in [1.165, 1.54) is 0 Å². The van der Waals surface area contributed by atoms with E-state index in [0.29, 0.717) is 6.61 Å². The van der Waals surface area contributed by atoms with Crippen LogP contribution in [-0.4, -0.2) is 61.3 Å². The maximum atomic E-state index is 10.3. The highest BCUT2D eigenvalue weighted by Gasteiger charge is 2.46. The van der Waals surface area contributed by atoms with E-state index in [9.17, 15) is 5.11 Å². The number of aliphatic hydroxyl groups is 1. The van der Waals surface area contributed by atoms with Crippen LogP contribution < -0.4 is 0 Å². The Hall–Kier alpha value is 0.451. The molecule has 132 valence electrons. The highest BCUT2D eigenvalue weighted by molar-refractivity contribution is 6.70. The van der Waals surface area contributed by atoms with Gasteiger partial charge >= 0.3 is 0 Å². The summed E-state index contributed by atoms with van der Waals surface area (Å²) in [4.78, 5) is 0. The lowest BCUT2D eigenvalue weighted by Gasteiger charge is -2.46. The molecule has 0 radical (unpaired) electrons. The van der Waals surface area contributed by atoms with Crippen molar-refractivity contribution in [1.82, 2.24) is 0 Å². The smallest absolute Gasteiger partial charge is 0.184 e. The molecule has 0 aromatic carbocycles. The van der Waals surface area contributed by atoms with Crippen LogP contribution in [0.25, 0.3) is 0 Å². The van der Waals surface area contributed by atoms with Crippen molar-refractivity contribution in [3.8, 4) is 0 Å². The summed E-state index contributed by atoms with van der Waals surface area (Å²) in [7, 11) is -5.39. The van der Waals surface area contributed by atoms with Gasteiger partial charge in [-0.3, -0.25) is 0 Å². The quantitative estimate of drug-likeness (QED) is 0.732. The Kier molecular flexibility index (Phi) is 6.65. The molecule has 0 aromatic heterocycles. The predicted octanol–water partition coefficient (Wildman–Crippen LogP) is 3.00. The van der Waals surface area contributed by atoms with E-state index < -0.39 is 37.3 Å². The van der Waals surface area contributed by atoms with Crippen molar-refractivity contribution in [3.05, 3.63) is 0 Å². The summed E-state index contributed by atoms with van der Waals surface area (Å²) in [6, 6.07) is 0. The minimum absolute atomic E-state index is 0.178. The van der Waals surface area contributed by atoms with Crippen LogP contribution in [0.5, 0.6) is 0 Å². The fourth-order valence-corrected chi connectivity index (χ4v) is 5.68. The second-order valence-electron chi connectivity index (χ2n) is 8.88. The van der Waals surface area contributed by atoms with Gasteiger partial charge in [-0.1, -0.05) is 0 Å². The minimum atomic E-state index is -1.84. The Bertz CT molecular complexity index is 359. The molecule has 0 bridgehead atoms. The summed E-state index contributed by atoms with van der Waals surface area (Å²) in [6.07, 6.45) is -1.87. The molecule has 4 atom stereocenters. The molecule has 8 heteroatoms. The van der Waals surface area contributed by atoms with Crippen LogP contribution in [0.15, 0.2) is 0 Å². The molecule has 22 heavy (non-hydrogen) atoms. The van der Waals surface area contributed by atoms with Crippen LogP contribution in [0.3, 0.4) is 0 Å². The summed E-state index contributed by atoms with van der Waals surface area (Å²) in [5.74, 6) is 0. The fourth-order valence-electron chi connectivity index (χ4n) is 2.40. The molecule has 1 aliphatic heterocycles. The zero-order chi connectivity index (χ0) is 17.3. The first-order chi connectivity index (χ1) is 9.68. The number of hydrogen-bond donors (Lipinski definition) is 1. The normalized spacial score (nSPS) is 31.4. The summed E-state index contributed by atoms with van der Waals surface area (Å²) in [5.41, 5.74) is 0. The number of hydrogen-bond acceptors (Lipinski definition) is 5. The van der Waals surface area contributed by atoms with E-state index in [0.717, 1.165) is 0 Å².